The minimum Gasteiger partial charge on any atom is -0.480 e. The van der Waals surface area contributed by atoms with Gasteiger partial charge in [0, 0.05) is 24.9 Å². The van der Waals surface area contributed by atoms with Gasteiger partial charge >= 0.3 is 18.0 Å². The van der Waals surface area contributed by atoms with Crippen molar-refractivity contribution < 1.29 is 24.6 Å². The average molecular weight is 549 g/mol. The maximum absolute atomic E-state index is 14.3. The van der Waals surface area contributed by atoms with Gasteiger partial charge in [0.1, 0.15) is 0 Å². The van der Waals surface area contributed by atoms with Crippen LogP contribution >= 0.6 is 0 Å². The molecule has 1 aliphatic heterocycles. The SMILES string of the molecule is CC(C(c1ccccc1)c1ccccc1)[C@@]1(C(=O)O)[C@H](C(=O)O)N(Cc2ccccc2)C(=O)N1Cc1ccccc1. The van der Waals surface area contributed by atoms with E-state index in [2.05, 4.69) is 0 Å². The van der Waals surface area contributed by atoms with Gasteiger partial charge in [-0.05, 0) is 22.3 Å². The molecular formula is C34H32N2O5. The van der Waals surface area contributed by atoms with Gasteiger partial charge < -0.3 is 20.0 Å². The molecule has 1 aliphatic rings. The lowest BCUT2D eigenvalue weighted by molar-refractivity contribution is -0.163. The van der Waals surface area contributed by atoms with Gasteiger partial charge in [0.15, 0.2) is 11.6 Å². The highest BCUT2D eigenvalue weighted by molar-refractivity contribution is 5.99. The van der Waals surface area contributed by atoms with E-state index < -0.39 is 41.4 Å². The van der Waals surface area contributed by atoms with E-state index in [0.29, 0.717) is 11.1 Å². The summed E-state index contributed by atoms with van der Waals surface area (Å²) in [5, 5.41) is 21.9. The van der Waals surface area contributed by atoms with Gasteiger partial charge in [0.25, 0.3) is 0 Å². The van der Waals surface area contributed by atoms with Gasteiger partial charge in [0.05, 0.1) is 0 Å². The number of urea groups is 1. The Morgan fingerprint density at radius 2 is 1.12 bits per heavy atom. The fourth-order valence-electron chi connectivity index (χ4n) is 6.30. The highest BCUT2D eigenvalue weighted by Gasteiger charge is 2.68. The molecule has 0 radical (unpaired) electrons. The lowest BCUT2D eigenvalue weighted by Crippen LogP contribution is -2.65. The predicted molar refractivity (Wildman–Crippen MR) is 155 cm³/mol. The number of hydrogen-bond donors (Lipinski definition) is 2. The van der Waals surface area contributed by atoms with Crippen LogP contribution in [-0.4, -0.2) is 49.6 Å². The second kappa shape index (κ2) is 11.7. The first-order valence-corrected chi connectivity index (χ1v) is 13.6. The third-order valence-electron chi connectivity index (χ3n) is 8.12. The number of carbonyl (C=O) groups excluding carboxylic acids is 1. The number of carboxylic acids is 2. The summed E-state index contributed by atoms with van der Waals surface area (Å²) in [6, 6.07) is 34.8. The fraction of sp³-hybridized carbons (Fsp3) is 0.206. The van der Waals surface area contributed by atoms with Crippen LogP contribution in [0.5, 0.6) is 0 Å². The number of aliphatic carboxylic acids is 2. The maximum atomic E-state index is 14.3. The molecule has 1 unspecified atom stereocenters. The normalized spacial score (nSPS) is 19.4. The molecule has 2 N–H and O–H groups in total. The number of carbonyl (C=O) groups is 3. The third-order valence-corrected chi connectivity index (χ3v) is 8.12. The molecule has 1 saturated heterocycles. The van der Waals surface area contributed by atoms with Crippen LogP contribution in [0.4, 0.5) is 4.79 Å². The first kappa shape index (κ1) is 27.6. The van der Waals surface area contributed by atoms with Crippen molar-refractivity contribution in [1.82, 2.24) is 9.80 Å². The Hall–Kier alpha value is -4.91. The summed E-state index contributed by atoms with van der Waals surface area (Å²) in [6.45, 7) is 1.67. The van der Waals surface area contributed by atoms with Crippen molar-refractivity contribution in [3.63, 3.8) is 0 Å². The second-order valence-electron chi connectivity index (χ2n) is 10.4. The van der Waals surface area contributed by atoms with E-state index in [9.17, 15) is 24.6 Å². The number of nitrogens with zero attached hydrogens (tertiary/aromatic N) is 2. The summed E-state index contributed by atoms with van der Waals surface area (Å²) in [4.78, 5) is 43.6. The minimum atomic E-state index is -2.11. The Morgan fingerprint density at radius 1 is 0.707 bits per heavy atom. The number of benzene rings is 4. The lowest BCUT2D eigenvalue weighted by Gasteiger charge is -2.44. The van der Waals surface area contributed by atoms with Gasteiger partial charge in [0.2, 0.25) is 0 Å². The lowest BCUT2D eigenvalue weighted by atomic mass is 9.67. The average Bonchev–Trinajstić information content (AvgIpc) is 3.23. The van der Waals surface area contributed by atoms with Crippen LogP contribution in [0.1, 0.15) is 35.1 Å². The molecule has 4 aromatic carbocycles. The van der Waals surface area contributed by atoms with Gasteiger partial charge in [-0.25, -0.2) is 14.4 Å². The summed E-state index contributed by atoms with van der Waals surface area (Å²) < 4.78 is 0. The molecule has 7 nitrogen and oxygen atoms in total. The van der Waals surface area contributed by atoms with Crippen molar-refractivity contribution in [3.05, 3.63) is 144 Å². The highest BCUT2D eigenvalue weighted by Crippen LogP contribution is 2.48. The first-order valence-electron chi connectivity index (χ1n) is 13.6. The Kier molecular flexibility index (Phi) is 7.88. The molecule has 4 aromatic rings. The zero-order valence-electron chi connectivity index (χ0n) is 22.7. The van der Waals surface area contributed by atoms with Crippen LogP contribution in [0.15, 0.2) is 121 Å². The van der Waals surface area contributed by atoms with Gasteiger partial charge in [-0.3, -0.25) is 0 Å². The zero-order valence-corrected chi connectivity index (χ0v) is 22.7. The van der Waals surface area contributed by atoms with Gasteiger partial charge in [-0.1, -0.05) is 128 Å². The molecule has 0 aliphatic carbocycles. The summed E-state index contributed by atoms with van der Waals surface area (Å²) in [5.41, 5.74) is 0.988. The summed E-state index contributed by atoms with van der Waals surface area (Å²) in [6.07, 6.45) is 0. The summed E-state index contributed by atoms with van der Waals surface area (Å²) in [5.74, 6) is -4.08. The van der Waals surface area contributed by atoms with Crippen LogP contribution in [0.3, 0.4) is 0 Å². The van der Waals surface area contributed by atoms with E-state index in [4.69, 9.17) is 0 Å². The number of carboxylic acid groups (broad SMARTS) is 2. The Morgan fingerprint density at radius 3 is 1.54 bits per heavy atom. The van der Waals surface area contributed by atoms with Crippen LogP contribution < -0.4 is 0 Å². The molecule has 7 heteroatoms. The van der Waals surface area contributed by atoms with Crippen molar-refractivity contribution in [2.75, 3.05) is 0 Å². The topological polar surface area (TPSA) is 98.1 Å². The molecule has 0 bridgehead atoms. The molecule has 0 spiro atoms. The van der Waals surface area contributed by atoms with Crippen molar-refractivity contribution >= 4 is 18.0 Å². The van der Waals surface area contributed by atoms with E-state index in [0.717, 1.165) is 11.1 Å². The molecule has 208 valence electrons. The van der Waals surface area contributed by atoms with Crippen molar-refractivity contribution in [1.29, 1.82) is 0 Å². The molecule has 2 amide bonds. The quantitative estimate of drug-likeness (QED) is 0.258. The van der Waals surface area contributed by atoms with Crippen LogP contribution in [-0.2, 0) is 22.7 Å². The minimum absolute atomic E-state index is 0.0367. The molecule has 5 rings (SSSR count). The molecule has 0 saturated carbocycles. The zero-order chi connectivity index (χ0) is 29.0. The van der Waals surface area contributed by atoms with E-state index in [1.165, 1.54) is 9.80 Å². The number of rotatable bonds is 10. The van der Waals surface area contributed by atoms with E-state index in [1.807, 2.05) is 97.1 Å². The summed E-state index contributed by atoms with van der Waals surface area (Å²) in [7, 11) is 0. The largest absolute Gasteiger partial charge is 0.480 e. The number of hydrogen-bond acceptors (Lipinski definition) is 3. The fourth-order valence-corrected chi connectivity index (χ4v) is 6.30. The Labute approximate surface area is 239 Å². The van der Waals surface area contributed by atoms with Crippen molar-refractivity contribution in [2.45, 2.75) is 37.5 Å². The molecule has 0 aromatic heterocycles. The van der Waals surface area contributed by atoms with Crippen molar-refractivity contribution in [2.24, 2.45) is 5.92 Å². The van der Waals surface area contributed by atoms with Crippen LogP contribution in [0, 0.1) is 5.92 Å². The molecule has 1 fully saturated rings. The monoisotopic (exact) mass is 548 g/mol. The molecule has 3 atom stereocenters. The standard InChI is InChI=1S/C34H32N2O5/c1-24(29(27-18-10-4-11-19-27)28-20-12-5-13-21-28)34(32(39)40)30(31(37)38)35(22-25-14-6-2-7-15-25)33(41)36(34)23-26-16-8-3-9-17-26/h2-21,24,29-30H,22-23H2,1H3,(H,37,38)(H,39,40)/t24?,30-,34-/m0/s1. The second-order valence-corrected chi connectivity index (χ2v) is 10.4. The van der Waals surface area contributed by atoms with Gasteiger partial charge in [-0.15, -0.1) is 0 Å². The number of amides is 2. The predicted octanol–water partition coefficient (Wildman–Crippen LogP) is 5.87. The third kappa shape index (κ3) is 5.07. The first-order chi connectivity index (χ1) is 19.9. The van der Waals surface area contributed by atoms with E-state index >= 15 is 0 Å². The molecular weight excluding hydrogens is 516 g/mol. The van der Waals surface area contributed by atoms with Gasteiger partial charge in [-0.2, -0.15) is 0 Å². The van der Waals surface area contributed by atoms with E-state index in [-0.39, 0.29) is 13.1 Å². The van der Waals surface area contributed by atoms with Crippen molar-refractivity contribution in [3.8, 4) is 0 Å². The highest BCUT2D eigenvalue weighted by atomic mass is 16.4. The maximum Gasteiger partial charge on any atom is 0.332 e. The summed E-state index contributed by atoms with van der Waals surface area (Å²) >= 11 is 0. The molecule has 1 heterocycles. The Balaban J connectivity index is 1.74. The molecule has 41 heavy (non-hydrogen) atoms. The Bertz CT molecular complexity index is 1460. The van der Waals surface area contributed by atoms with Crippen LogP contribution in [0.25, 0.3) is 0 Å². The van der Waals surface area contributed by atoms with Crippen LogP contribution in [0.2, 0.25) is 0 Å². The smallest absolute Gasteiger partial charge is 0.332 e. The van der Waals surface area contributed by atoms with E-state index in [1.54, 1.807) is 31.2 Å².